The van der Waals surface area contributed by atoms with Gasteiger partial charge in [0.25, 0.3) is 5.89 Å². The molecule has 0 radical (unpaired) electrons. The molecule has 20 heavy (non-hydrogen) atoms. The predicted molar refractivity (Wildman–Crippen MR) is 76.6 cm³/mol. The summed E-state index contributed by atoms with van der Waals surface area (Å²) in [7, 11) is 1.71. The largest absolute Gasteiger partial charge is 0.390 e. The zero-order chi connectivity index (χ0) is 13.7. The van der Waals surface area contributed by atoms with Crippen molar-refractivity contribution in [2.75, 3.05) is 12.8 Å². The summed E-state index contributed by atoms with van der Waals surface area (Å²) in [6.45, 7) is 0. The number of rotatable bonds is 3. The molecule has 1 fully saturated rings. The van der Waals surface area contributed by atoms with Gasteiger partial charge in [0.2, 0.25) is 5.82 Å². The normalized spacial score (nSPS) is 19.9. The van der Waals surface area contributed by atoms with Gasteiger partial charge in [0.05, 0.1) is 10.6 Å². The number of aryl methyl sites for hydroxylation is 1. The van der Waals surface area contributed by atoms with Crippen LogP contribution in [0.1, 0.15) is 41.9 Å². The van der Waals surface area contributed by atoms with Crippen molar-refractivity contribution in [3.8, 4) is 11.5 Å². The Hall–Kier alpha value is -1.40. The first-order chi connectivity index (χ1) is 9.73. The molecule has 1 saturated carbocycles. The van der Waals surface area contributed by atoms with Crippen LogP contribution in [0, 0.1) is 0 Å². The van der Waals surface area contributed by atoms with Crippen LogP contribution in [0.4, 0.5) is 5.00 Å². The van der Waals surface area contributed by atoms with Crippen molar-refractivity contribution in [2.24, 2.45) is 0 Å². The zero-order valence-corrected chi connectivity index (χ0v) is 12.3. The molecule has 0 aliphatic heterocycles. The van der Waals surface area contributed by atoms with E-state index in [9.17, 15) is 0 Å². The van der Waals surface area contributed by atoms with Gasteiger partial charge in [-0.05, 0) is 44.1 Å². The van der Waals surface area contributed by atoms with E-state index in [0.29, 0.717) is 11.7 Å². The Morgan fingerprint density at radius 1 is 1.30 bits per heavy atom. The molecule has 2 aromatic rings. The second kappa shape index (κ2) is 4.30. The van der Waals surface area contributed by atoms with E-state index in [2.05, 4.69) is 10.1 Å². The van der Waals surface area contributed by atoms with E-state index in [0.717, 1.165) is 42.7 Å². The van der Waals surface area contributed by atoms with Gasteiger partial charge in [0.1, 0.15) is 5.60 Å². The minimum Gasteiger partial charge on any atom is -0.390 e. The van der Waals surface area contributed by atoms with Crippen LogP contribution < -0.4 is 5.73 Å². The Bertz CT molecular complexity index is 652. The number of fused-ring (bicyclic) bond motifs is 1. The molecule has 4 rings (SSSR count). The van der Waals surface area contributed by atoms with Crippen molar-refractivity contribution < 1.29 is 9.26 Å². The zero-order valence-electron chi connectivity index (χ0n) is 11.4. The Labute approximate surface area is 121 Å². The first kappa shape index (κ1) is 12.3. The first-order valence-electron chi connectivity index (χ1n) is 7.03. The van der Waals surface area contributed by atoms with Crippen LogP contribution in [0.5, 0.6) is 0 Å². The third kappa shape index (κ3) is 1.58. The fourth-order valence-corrected chi connectivity index (χ4v) is 4.34. The number of aromatic nitrogens is 2. The van der Waals surface area contributed by atoms with E-state index in [-0.39, 0.29) is 5.60 Å². The molecule has 0 atom stereocenters. The second-order valence-electron chi connectivity index (χ2n) is 5.57. The van der Waals surface area contributed by atoms with Crippen molar-refractivity contribution in [3.05, 3.63) is 16.3 Å². The summed E-state index contributed by atoms with van der Waals surface area (Å²) in [5.41, 5.74) is 8.08. The first-order valence-corrected chi connectivity index (χ1v) is 7.85. The number of nitrogens with two attached hydrogens (primary N) is 1. The molecule has 0 spiro atoms. The molecular formula is C14H17N3O2S. The van der Waals surface area contributed by atoms with E-state index in [1.54, 1.807) is 18.4 Å². The maximum atomic E-state index is 6.14. The minimum atomic E-state index is -0.338. The summed E-state index contributed by atoms with van der Waals surface area (Å²) in [5.74, 6) is 1.22. The number of methoxy groups -OCH3 is 1. The smallest absolute Gasteiger partial charge is 0.261 e. The lowest BCUT2D eigenvalue weighted by molar-refractivity contribution is -0.0858. The van der Waals surface area contributed by atoms with Crippen molar-refractivity contribution in [1.82, 2.24) is 10.1 Å². The van der Waals surface area contributed by atoms with Crippen LogP contribution >= 0.6 is 11.3 Å². The third-order valence-corrected chi connectivity index (χ3v) is 5.67. The van der Waals surface area contributed by atoms with Gasteiger partial charge in [-0.1, -0.05) is 5.16 Å². The van der Waals surface area contributed by atoms with Gasteiger partial charge in [-0.2, -0.15) is 4.98 Å². The number of ether oxygens (including phenoxy) is 1. The standard InChI is InChI=1S/C14H17N3O2S/c1-18-14(6-3-7-14)13-16-12(19-17-13)10-8-4-2-5-9(8)20-11(10)15/h2-7,15H2,1H3. The minimum absolute atomic E-state index is 0.338. The second-order valence-corrected chi connectivity index (χ2v) is 6.71. The molecule has 2 aromatic heterocycles. The van der Waals surface area contributed by atoms with Gasteiger partial charge in [0.15, 0.2) is 0 Å². The van der Waals surface area contributed by atoms with Crippen molar-refractivity contribution in [2.45, 2.75) is 44.1 Å². The average molecular weight is 291 g/mol. The molecule has 0 unspecified atom stereocenters. The summed E-state index contributed by atoms with van der Waals surface area (Å²) in [4.78, 5) is 5.96. The quantitative estimate of drug-likeness (QED) is 0.941. The number of nitrogens with zero attached hydrogens (tertiary/aromatic N) is 2. The molecule has 106 valence electrons. The lowest BCUT2D eigenvalue weighted by Gasteiger charge is -2.37. The molecule has 2 aliphatic rings. The highest BCUT2D eigenvalue weighted by Crippen LogP contribution is 2.46. The maximum Gasteiger partial charge on any atom is 0.261 e. The summed E-state index contributed by atoms with van der Waals surface area (Å²) in [5, 5.41) is 4.94. The van der Waals surface area contributed by atoms with Gasteiger partial charge < -0.3 is 15.0 Å². The summed E-state index contributed by atoms with van der Waals surface area (Å²) >= 11 is 1.66. The molecule has 2 N–H and O–H groups in total. The number of hydrogen-bond acceptors (Lipinski definition) is 6. The van der Waals surface area contributed by atoms with Crippen LogP contribution in [0.25, 0.3) is 11.5 Å². The molecule has 5 nitrogen and oxygen atoms in total. The highest BCUT2D eigenvalue weighted by atomic mass is 32.1. The van der Waals surface area contributed by atoms with Gasteiger partial charge in [-0.15, -0.1) is 11.3 Å². The Morgan fingerprint density at radius 2 is 2.15 bits per heavy atom. The summed E-state index contributed by atoms with van der Waals surface area (Å²) in [6.07, 6.45) is 6.43. The van der Waals surface area contributed by atoms with Crippen LogP contribution in [-0.4, -0.2) is 17.3 Å². The number of nitrogen functional groups attached to an aromatic ring is 1. The monoisotopic (exact) mass is 291 g/mol. The van der Waals surface area contributed by atoms with Crippen molar-refractivity contribution >= 4 is 16.3 Å². The predicted octanol–water partition coefficient (Wildman–Crippen LogP) is 2.89. The Kier molecular flexibility index (Phi) is 2.65. The van der Waals surface area contributed by atoms with Crippen molar-refractivity contribution in [1.29, 1.82) is 0 Å². The lowest BCUT2D eigenvalue weighted by atomic mass is 9.79. The van der Waals surface area contributed by atoms with Gasteiger partial charge in [-0.3, -0.25) is 0 Å². The van der Waals surface area contributed by atoms with Gasteiger partial charge in [0, 0.05) is 12.0 Å². The van der Waals surface area contributed by atoms with Crippen LogP contribution in [-0.2, 0) is 23.2 Å². The molecule has 0 amide bonds. The van der Waals surface area contributed by atoms with E-state index in [1.165, 1.54) is 16.9 Å². The molecule has 0 saturated heterocycles. The Morgan fingerprint density at radius 3 is 2.85 bits per heavy atom. The number of thiophene rings is 1. The average Bonchev–Trinajstić information content (AvgIpc) is 3.04. The van der Waals surface area contributed by atoms with E-state index >= 15 is 0 Å². The third-order valence-electron chi connectivity index (χ3n) is 4.55. The molecule has 0 bridgehead atoms. The molecule has 0 aromatic carbocycles. The topological polar surface area (TPSA) is 74.2 Å². The fraction of sp³-hybridized carbons (Fsp3) is 0.571. The molecule has 2 heterocycles. The maximum absolute atomic E-state index is 6.14. The van der Waals surface area contributed by atoms with Crippen LogP contribution in [0.15, 0.2) is 4.52 Å². The highest BCUT2D eigenvalue weighted by molar-refractivity contribution is 7.16. The fourth-order valence-electron chi connectivity index (χ4n) is 3.19. The van der Waals surface area contributed by atoms with E-state index in [1.807, 2.05) is 0 Å². The van der Waals surface area contributed by atoms with Gasteiger partial charge in [-0.25, -0.2) is 0 Å². The number of anilines is 1. The lowest BCUT2D eigenvalue weighted by Crippen LogP contribution is -2.37. The van der Waals surface area contributed by atoms with E-state index in [4.69, 9.17) is 15.0 Å². The summed E-state index contributed by atoms with van der Waals surface area (Å²) in [6, 6.07) is 0. The SMILES string of the molecule is COC1(c2noc(-c3c(N)sc4c3CCC4)n2)CCC1. The highest BCUT2D eigenvalue weighted by Gasteiger charge is 2.43. The molecule has 6 heteroatoms. The molecule has 2 aliphatic carbocycles. The number of hydrogen-bond donors (Lipinski definition) is 1. The van der Waals surface area contributed by atoms with Gasteiger partial charge >= 0.3 is 0 Å². The van der Waals surface area contributed by atoms with Crippen LogP contribution in [0.2, 0.25) is 0 Å². The summed E-state index contributed by atoms with van der Waals surface area (Å²) < 4.78 is 11.1. The Balaban J connectivity index is 1.76. The van der Waals surface area contributed by atoms with Crippen LogP contribution in [0.3, 0.4) is 0 Å². The molecular weight excluding hydrogens is 274 g/mol. The van der Waals surface area contributed by atoms with E-state index < -0.39 is 0 Å². The van der Waals surface area contributed by atoms with Crippen molar-refractivity contribution in [3.63, 3.8) is 0 Å².